The molecular weight excluding hydrogens is 240 g/mol. The van der Waals surface area contributed by atoms with Crippen molar-refractivity contribution in [3.05, 3.63) is 59.9 Å². The summed E-state index contributed by atoms with van der Waals surface area (Å²) in [5, 5.41) is 3.26. The van der Waals surface area contributed by atoms with Crippen LogP contribution in [-0.2, 0) is 11.3 Å². The highest BCUT2D eigenvalue weighted by atomic mass is 16.5. The molecule has 19 heavy (non-hydrogen) atoms. The summed E-state index contributed by atoms with van der Waals surface area (Å²) in [5.41, 5.74) is 2.58. The van der Waals surface area contributed by atoms with Crippen LogP contribution in [0.15, 0.2) is 48.8 Å². The molecule has 0 aliphatic rings. The van der Waals surface area contributed by atoms with Crippen LogP contribution >= 0.6 is 0 Å². The fourth-order valence-electron chi connectivity index (χ4n) is 1.68. The predicted octanol–water partition coefficient (Wildman–Crippen LogP) is 2.87. The maximum atomic E-state index is 11.6. The molecule has 2 rings (SSSR count). The number of ether oxygens (including phenoxy) is 1. The second-order valence-electron chi connectivity index (χ2n) is 4.01. The summed E-state index contributed by atoms with van der Waals surface area (Å²) in [5.74, 6) is -0.296. The van der Waals surface area contributed by atoms with E-state index in [0.717, 1.165) is 11.3 Å². The minimum Gasteiger partial charge on any atom is -0.462 e. The normalized spacial score (nSPS) is 9.95. The van der Waals surface area contributed by atoms with E-state index in [1.807, 2.05) is 24.3 Å². The number of aromatic nitrogens is 1. The Morgan fingerprint density at radius 3 is 2.79 bits per heavy atom. The average Bonchev–Trinajstić information content (AvgIpc) is 2.47. The van der Waals surface area contributed by atoms with Gasteiger partial charge in [0, 0.05) is 24.6 Å². The number of anilines is 1. The fraction of sp³-hybridized carbons (Fsp3) is 0.200. The molecule has 4 heteroatoms. The number of rotatable bonds is 5. The Kier molecular flexibility index (Phi) is 4.50. The van der Waals surface area contributed by atoms with Gasteiger partial charge in [0.05, 0.1) is 12.2 Å². The molecule has 0 aliphatic carbocycles. The summed E-state index contributed by atoms with van der Waals surface area (Å²) in [6, 6.07) is 11.2. The highest BCUT2D eigenvalue weighted by Crippen LogP contribution is 2.13. The molecule has 0 bridgehead atoms. The monoisotopic (exact) mass is 256 g/mol. The highest BCUT2D eigenvalue weighted by Gasteiger charge is 2.06. The molecule has 0 amide bonds. The van der Waals surface area contributed by atoms with Crippen molar-refractivity contribution in [2.24, 2.45) is 0 Å². The van der Waals surface area contributed by atoms with E-state index in [0.29, 0.717) is 18.7 Å². The minimum absolute atomic E-state index is 0.296. The standard InChI is InChI=1S/C15H16N2O2/c1-2-19-15(18)13-4-3-5-14(10-13)17-11-12-6-8-16-9-7-12/h3-10,17H,2,11H2,1H3. The van der Waals surface area contributed by atoms with Crippen molar-refractivity contribution in [2.75, 3.05) is 11.9 Å². The zero-order chi connectivity index (χ0) is 13.5. The van der Waals surface area contributed by atoms with Crippen molar-refractivity contribution in [2.45, 2.75) is 13.5 Å². The molecule has 0 radical (unpaired) electrons. The molecule has 98 valence electrons. The number of carbonyl (C=O) groups is 1. The van der Waals surface area contributed by atoms with Crippen LogP contribution in [0.5, 0.6) is 0 Å². The molecule has 0 spiro atoms. The Bertz CT molecular complexity index is 541. The number of hydrogen-bond acceptors (Lipinski definition) is 4. The summed E-state index contributed by atoms with van der Waals surface area (Å²) in [6.45, 7) is 2.87. The number of nitrogens with zero attached hydrogens (tertiary/aromatic N) is 1. The van der Waals surface area contributed by atoms with Gasteiger partial charge in [-0.3, -0.25) is 4.98 Å². The molecule has 4 nitrogen and oxygen atoms in total. The van der Waals surface area contributed by atoms with Crippen molar-refractivity contribution < 1.29 is 9.53 Å². The Morgan fingerprint density at radius 1 is 1.26 bits per heavy atom. The van der Waals surface area contributed by atoms with Gasteiger partial charge in [-0.25, -0.2) is 4.79 Å². The third-order valence-corrected chi connectivity index (χ3v) is 2.62. The lowest BCUT2D eigenvalue weighted by atomic mass is 10.2. The van der Waals surface area contributed by atoms with E-state index in [9.17, 15) is 4.79 Å². The van der Waals surface area contributed by atoms with Crippen LogP contribution in [-0.4, -0.2) is 17.6 Å². The first-order valence-electron chi connectivity index (χ1n) is 6.19. The highest BCUT2D eigenvalue weighted by molar-refractivity contribution is 5.90. The molecule has 0 fully saturated rings. The quantitative estimate of drug-likeness (QED) is 0.836. The van der Waals surface area contributed by atoms with Gasteiger partial charge in [-0.2, -0.15) is 0 Å². The summed E-state index contributed by atoms with van der Waals surface area (Å²) < 4.78 is 4.97. The van der Waals surface area contributed by atoms with E-state index in [1.165, 1.54) is 0 Å². The summed E-state index contributed by atoms with van der Waals surface area (Å²) in [6.07, 6.45) is 3.51. The second-order valence-corrected chi connectivity index (χ2v) is 4.01. The van der Waals surface area contributed by atoms with Crippen molar-refractivity contribution >= 4 is 11.7 Å². The number of carbonyl (C=O) groups excluding carboxylic acids is 1. The van der Waals surface area contributed by atoms with Gasteiger partial charge in [0.15, 0.2) is 0 Å². The van der Waals surface area contributed by atoms with Gasteiger partial charge in [-0.15, -0.1) is 0 Å². The van der Waals surface area contributed by atoms with Gasteiger partial charge in [0.2, 0.25) is 0 Å². The summed E-state index contributed by atoms with van der Waals surface area (Å²) in [4.78, 5) is 15.6. The minimum atomic E-state index is -0.296. The summed E-state index contributed by atoms with van der Waals surface area (Å²) in [7, 11) is 0. The molecule has 0 unspecified atom stereocenters. The molecule has 0 aliphatic heterocycles. The maximum Gasteiger partial charge on any atom is 0.338 e. The van der Waals surface area contributed by atoms with Gasteiger partial charge in [0.1, 0.15) is 0 Å². The van der Waals surface area contributed by atoms with Crippen LogP contribution in [0.4, 0.5) is 5.69 Å². The zero-order valence-electron chi connectivity index (χ0n) is 10.8. The molecule has 1 heterocycles. The zero-order valence-corrected chi connectivity index (χ0v) is 10.8. The Hall–Kier alpha value is -2.36. The number of esters is 1. The largest absolute Gasteiger partial charge is 0.462 e. The molecule has 0 saturated carbocycles. The van der Waals surface area contributed by atoms with Crippen LogP contribution in [0, 0.1) is 0 Å². The third-order valence-electron chi connectivity index (χ3n) is 2.62. The van der Waals surface area contributed by atoms with E-state index >= 15 is 0 Å². The van der Waals surface area contributed by atoms with E-state index in [-0.39, 0.29) is 5.97 Å². The lowest BCUT2D eigenvalue weighted by Crippen LogP contribution is -2.06. The van der Waals surface area contributed by atoms with Gasteiger partial charge >= 0.3 is 5.97 Å². The number of nitrogens with one attached hydrogen (secondary N) is 1. The lowest BCUT2D eigenvalue weighted by molar-refractivity contribution is 0.0526. The molecule has 0 saturated heterocycles. The molecule has 2 aromatic rings. The maximum absolute atomic E-state index is 11.6. The van der Waals surface area contributed by atoms with E-state index in [1.54, 1.807) is 31.5 Å². The first kappa shape index (κ1) is 13.1. The second kappa shape index (κ2) is 6.54. The van der Waals surface area contributed by atoms with Gasteiger partial charge in [-0.05, 0) is 42.8 Å². The molecule has 0 atom stereocenters. The number of benzene rings is 1. The molecule has 1 N–H and O–H groups in total. The van der Waals surface area contributed by atoms with Crippen LogP contribution in [0.2, 0.25) is 0 Å². The first-order chi connectivity index (χ1) is 9.29. The SMILES string of the molecule is CCOC(=O)c1cccc(NCc2ccncc2)c1. The van der Waals surface area contributed by atoms with Crippen molar-refractivity contribution in [3.8, 4) is 0 Å². The smallest absolute Gasteiger partial charge is 0.338 e. The fourth-order valence-corrected chi connectivity index (χ4v) is 1.68. The summed E-state index contributed by atoms with van der Waals surface area (Å²) >= 11 is 0. The Labute approximate surface area is 112 Å². The van der Waals surface area contributed by atoms with Gasteiger partial charge in [0.25, 0.3) is 0 Å². The predicted molar refractivity (Wildman–Crippen MR) is 74.0 cm³/mol. The molecule has 1 aromatic carbocycles. The number of pyridine rings is 1. The third kappa shape index (κ3) is 3.81. The van der Waals surface area contributed by atoms with Crippen LogP contribution in [0.25, 0.3) is 0 Å². The topological polar surface area (TPSA) is 51.2 Å². The Balaban J connectivity index is 2.01. The van der Waals surface area contributed by atoms with E-state index in [4.69, 9.17) is 4.74 Å². The molecular formula is C15H16N2O2. The van der Waals surface area contributed by atoms with Crippen LogP contribution < -0.4 is 5.32 Å². The number of hydrogen-bond donors (Lipinski definition) is 1. The van der Waals surface area contributed by atoms with Crippen molar-refractivity contribution in [3.63, 3.8) is 0 Å². The van der Waals surface area contributed by atoms with Crippen molar-refractivity contribution in [1.82, 2.24) is 4.98 Å². The van der Waals surface area contributed by atoms with E-state index in [2.05, 4.69) is 10.3 Å². The Morgan fingerprint density at radius 2 is 2.05 bits per heavy atom. The van der Waals surface area contributed by atoms with E-state index < -0.39 is 0 Å². The lowest BCUT2D eigenvalue weighted by Gasteiger charge is -2.08. The average molecular weight is 256 g/mol. The van der Waals surface area contributed by atoms with Crippen molar-refractivity contribution in [1.29, 1.82) is 0 Å². The van der Waals surface area contributed by atoms with Crippen LogP contribution in [0.1, 0.15) is 22.8 Å². The van der Waals surface area contributed by atoms with Crippen LogP contribution in [0.3, 0.4) is 0 Å². The van der Waals surface area contributed by atoms with Gasteiger partial charge in [-0.1, -0.05) is 6.07 Å². The first-order valence-corrected chi connectivity index (χ1v) is 6.19. The molecule has 1 aromatic heterocycles. The van der Waals surface area contributed by atoms with Gasteiger partial charge < -0.3 is 10.1 Å².